The van der Waals surface area contributed by atoms with Crippen LogP contribution in [0.2, 0.25) is 0 Å². The molecule has 25 heavy (non-hydrogen) atoms. The third-order valence-corrected chi connectivity index (χ3v) is 5.03. The molecule has 126 valence electrons. The van der Waals surface area contributed by atoms with Gasteiger partial charge in [0.15, 0.2) is 5.17 Å². The van der Waals surface area contributed by atoms with E-state index in [1.54, 1.807) is 37.6 Å². The minimum absolute atomic E-state index is 0.0177. The van der Waals surface area contributed by atoms with Crippen molar-refractivity contribution in [1.82, 2.24) is 0 Å². The van der Waals surface area contributed by atoms with Crippen molar-refractivity contribution in [1.29, 1.82) is 0 Å². The van der Waals surface area contributed by atoms with Gasteiger partial charge in [-0.2, -0.15) is 0 Å². The Labute approximate surface area is 149 Å². The first-order valence-corrected chi connectivity index (χ1v) is 8.71. The van der Waals surface area contributed by atoms with Crippen LogP contribution in [0, 0.1) is 0 Å². The van der Waals surface area contributed by atoms with Crippen LogP contribution >= 0.6 is 11.8 Å². The van der Waals surface area contributed by atoms with Crippen LogP contribution in [-0.2, 0) is 0 Å². The molecule has 3 heterocycles. The van der Waals surface area contributed by atoms with Crippen LogP contribution in [0.1, 0.15) is 28.4 Å². The summed E-state index contributed by atoms with van der Waals surface area (Å²) in [5.74, 6) is 2.49. The zero-order chi connectivity index (χ0) is 17.1. The maximum atomic E-state index is 5.58. The fourth-order valence-electron chi connectivity index (χ4n) is 2.62. The summed E-state index contributed by atoms with van der Waals surface area (Å²) >= 11 is 1.58. The largest absolute Gasteiger partial charge is 0.497 e. The van der Waals surface area contributed by atoms with Crippen LogP contribution in [0.15, 0.2) is 79.9 Å². The van der Waals surface area contributed by atoms with E-state index in [4.69, 9.17) is 18.6 Å². The van der Waals surface area contributed by atoms with E-state index < -0.39 is 0 Å². The Bertz CT molecular complexity index is 868. The molecule has 0 spiro atoms. The molecule has 0 fully saturated rings. The molecule has 2 atom stereocenters. The van der Waals surface area contributed by atoms with Gasteiger partial charge < -0.3 is 13.6 Å². The summed E-state index contributed by atoms with van der Waals surface area (Å²) in [4.78, 5) is 9.25. The van der Waals surface area contributed by atoms with Crippen LogP contribution in [-0.4, -0.2) is 18.5 Å². The Hall–Kier alpha value is -2.73. The lowest BCUT2D eigenvalue weighted by Gasteiger charge is -2.11. The van der Waals surface area contributed by atoms with E-state index in [1.165, 1.54) is 0 Å². The molecule has 0 amide bonds. The molecule has 1 aliphatic heterocycles. The second-order valence-corrected chi connectivity index (χ2v) is 6.57. The average molecular weight is 352 g/mol. The van der Waals surface area contributed by atoms with Crippen molar-refractivity contribution in [3.05, 3.63) is 78.1 Å². The second-order valence-electron chi connectivity index (χ2n) is 5.46. The molecular formula is C19H16N2O3S. The summed E-state index contributed by atoms with van der Waals surface area (Å²) in [7, 11) is 1.65. The number of aliphatic imine (C=N–C) groups is 2. The number of hydrogen-bond acceptors (Lipinski definition) is 6. The van der Waals surface area contributed by atoms with E-state index in [1.807, 2.05) is 48.5 Å². The third-order valence-electron chi connectivity index (χ3n) is 3.87. The predicted octanol–water partition coefficient (Wildman–Crippen LogP) is 4.89. The van der Waals surface area contributed by atoms with Gasteiger partial charge in [0, 0.05) is 6.21 Å². The molecule has 0 unspecified atom stereocenters. The number of methoxy groups -OCH3 is 1. The molecule has 3 aromatic rings. The summed E-state index contributed by atoms with van der Waals surface area (Å²) in [5.41, 5.74) is 0.986. The lowest BCUT2D eigenvalue weighted by atomic mass is 10.1. The molecule has 0 saturated heterocycles. The highest BCUT2D eigenvalue weighted by atomic mass is 32.2. The SMILES string of the molecule is COc1ccc(C=NC2=N[C@H](c3ccco3)[C@H](c3ccco3)S2)cc1. The topological polar surface area (TPSA) is 60.2 Å². The number of furan rings is 2. The fourth-order valence-corrected chi connectivity index (χ4v) is 3.71. The van der Waals surface area contributed by atoms with Gasteiger partial charge in [0.1, 0.15) is 28.6 Å². The van der Waals surface area contributed by atoms with Gasteiger partial charge in [0.25, 0.3) is 0 Å². The summed E-state index contributed by atoms with van der Waals surface area (Å²) in [6.07, 6.45) is 5.13. The highest BCUT2D eigenvalue weighted by Gasteiger charge is 2.36. The Morgan fingerprint density at radius 2 is 1.76 bits per heavy atom. The molecule has 0 radical (unpaired) electrons. The van der Waals surface area contributed by atoms with Crippen LogP contribution in [0.5, 0.6) is 5.75 Å². The number of ether oxygens (including phenoxy) is 1. The van der Waals surface area contributed by atoms with E-state index in [-0.39, 0.29) is 11.3 Å². The van der Waals surface area contributed by atoms with Gasteiger partial charge in [-0.3, -0.25) is 0 Å². The monoisotopic (exact) mass is 352 g/mol. The number of nitrogens with zero attached hydrogens (tertiary/aromatic N) is 2. The number of hydrogen-bond donors (Lipinski definition) is 0. The van der Waals surface area contributed by atoms with E-state index in [0.29, 0.717) is 5.17 Å². The summed E-state index contributed by atoms with van der Waals surface area (Å²) in [6, 6.07) is 15.2. The van der Waals surface area contributed by atoms with Gasteiger partial charge in [0.05, 0.1) is 19.6 Å². The van der Waals surface area contributed by atoms with Crippen molar-refractivity contribution in [3.8, 4) is 5.75 Å². The van der Waals surface area contributed by atoms with Gasteiger partial charge in [0.2, 0.25) is 0 Å². The van der Waals surface area contributed by atoms with Gasteiger partial charge in [-0.25, -0.2) is 9.98 Å². The quantitative estimate of drug-likeness (QED) is 0.628. The van der Waals surface area contributed by atoms with Crippen LogP contribution in [0.4, 0.5) is 0 Å². The highest BCUT2D eigenvalue weighted by Crippen LogP contribution is 2.48. The van der Waals surface area contributed by atoms with Crippen molar-refractivity contribution < 1.29 is 13.6 Å². The zero-order valence-electron chi connectivity index (χ0n) is 13.5. The second kappa shape index (κ2) is 7.03. The zero-order valence-corrected chi connectivity index (χ0v) is 14.3. The van der Waals surface area contributed by atoms with Gasteiger partial charge >= 0.3 is 0 Å². The molecule has 4 rings (SSSR count). The number of thioether (sulfide) groups is 1. The Kier molecular flexibility index (Phi) is 4.43. The van der Waals surface area contributed by atoms with Gasteiger partial charge in [-0.15, -0.1) is 0 Å². The predicted molar refractivity (Wildman–Crippen MR) is 98.5 cm³/mol. The van der Waals surface area contributed by atoms with Crippen molar-refractivity contribution >= 4 is 23.1 Å². The van der Waals surface area contributed by atoms with Crippen molar-refractivity contribution in [2.24, 2.45) is 9.98 Å². The van der Waals surface area contributed by atoms with Gasteiger partial charge in [-0.05, 0) is 54.1 Å². The van der Waals surface area contributed by atoms with Crippen molar-refractivity contribution in [3.63, 3.8) is 0 Å². The molecule has 0 N–H and O–H groups in total. The first kappa shape index (κ1) is 15.8. The Morgan fingerprint density at radius 3 is 2.40 bits per heavy atom. The molecule has 5 nitrogen and oxygen atoms in total. The first-order valence-electron chi connectivity index (χ1n) is 7.83. The molecule has 0 bridgehead atoms. The van der Waals surface area contributed by atoms with Crippen molar-refractivity contribution in [2.45, 2.75) is 11.3 Å². The smallest absolute Gasteiger partial charge is 0.184 e. The Morgan fingerprint density at radius 1 is 1.04 bits per heavy atom. The van der Waals surface area contributed by atoms with E-state index in [2.05, 4.69) is 4.99 Å². The van der Waals surface area contributed by atoms with Gasteiger partial charge in [-0.1, -0.05) is 11.8 Å². The number of amidine groups is 1. The third kappa shape index (κ3) is 3.39. The maximum Gasteiger partial charge on any atom is 0.184 e. The molecule has 1 aromatic carbocycles. The maximum absolute atomic E-state index is 5.58. The van der Waals surface area contributed by atoms with E-state index >= 15 is 0 Å². The van der Waals surface area contributed by atoms with Crippen molar-refractivity contribution in [2.75, 3.05) is 7.11 Å². The van der Waals surface area contributed by atoms with Crippen LogP contribution in [0.3, 0.4) is 0 Å². The van der Waals surface area contributed by atoms with Crippen LogP contribution in [0.25, 0.3) is 0 Å². The van der Waals surface area contributed by atoms with Crippen LogP contribution < -0.4 is 4.74 Å². The number of rotatable bonds is 4. The molecule has 1 aliphatic rings. The first-order chi connectivity index (χ1) is 12.3. The minimum Gasteiger partial charge on any atom is -0.497 e. The standard InChI is InChI=1S/C19H16N2O3S/c1-22-14-8-6-13(7-9-14)12-20-19-21-17(15-4-2-10-23-15)18(25-19)16-5-3-11-24-16/h2-12,17-18H,1H3/t17-,18+/m1/s1. The lowest BCUT2D eigenvalue weighted by molar-refractivity contribution is 0.415. The summed E-state index contributed by atoms with van der Waals surface area (Å²) < 4.78 is 16.3. The average Bonchev–Trinajstić information content (AvgIpc) is 3.41. The minimum atomic E-state index is -0.144. The number of benzene rings is 1. The molecule has 2 aromatic heterocycles. The molecular weight excluding hydrogens is 336 g/mol. The lowest BCUT2D eigenvalue weighted by Crippen LogP contribution is -1.99. The Balaban J connectivity index is 1.57. The van der Waals surface area contributed by atoms with E-state index in [9.17, 15) is 0 Å². The normalized spacial score (nSPS) is 20.1. The fraction of sp³-hybridized carbons (Fsp3) is 0.158. The highest BCUT2D eigenvalue weighted by molar-refractivity contribution is 8.14. The molecule has 0 aliphatic carbocycles. The van der Waals surface area contributed by atoms with E-state index in [0.717, 1.165) is 22.8 Å². The summed E-state index contributed by atoms with van der Waals surface area (Å²) in [5, 5.41) is 0.725. The molecule has 6 heteroatoms. The summed E-state index contributed by atoms with van der Waals surface area (Å²) in [6.45, 7) is 0. The molecule has 0 saturated carbocycles.